The van der Waals surface area contributed by atoms with Gasteiger partial charge in [-0.25, -0.2) is 4.98 Å². The van der Waals surface area contributed by atoms with Gasteiger partial charge in [-0.2, -0.15) is 0 Å². The van der Waals surface area contributed by atoms with Crippen molar-refractivity contribution in [3.05, 3.63) is 6.20 Å². The Balaban J connectivity index is 2.71. The molecule has 0 saturated carbocycles. The fourth-order valence-corrected chi connectivity index (χ4v) is 2.22. The van der Waals surface area contributed by atoms with Gasteiger partial charge in [-0.15, -0.1) is 0 Å². The number of ether oxygens (including phenoxy) is 1. The summed E-state index contributed by atoms with van der Waals surface area (Å²) >= 11 is 1.51. The van der Waals surface area contributed by atoms with E-state index in [0.717, 1.165) is 16.7 Å². The van der Waals surface area contributed by atoms with Crippen LogP contribution in [0.25, 0.3) is 0 Å². The zero-order valence-corrected chi connectivity index (χ0v) is 9.67. The molecule has 0 aromatic carbocycles. The number of thiazole rings is 1. The van der Waals surface area contributed by atoms with Crippen molar-refractivity contribution < 1.29 is 4.74 Å². The minimum atomic E-state index is 0.329. The van der Waals surface area contributed by atoms with Gasteiger partial charge in [-0.1, -0.05) is 11.3 Å². The van der Waals surface area contributed by atoms with Crippen LogP contribution >= 0.6 is 11.3 Å². The van der Waals surface area contributed by atoms with Crippen LogP contribution in [-0.2, 0) is 4.74 Å². The van der Waals surface area contributed by atoms with Crippen molar-refractivity contribution >= 4 is 21.5 Å². The van der Waals surface area contributed by atoms with Crippen LogP contribution in [0.5, 0.6) is 0 Å². The Labute approximate surface area is 88.7 Å². The van der Waals surface area contributed by atoms with Gasteiger partial charge in [-0.05, 0) is 13.8 Å². The van der Waals surface area contributed by atoms with Gasteiger partial charge in [0.2, 0.25) is 0 Å². The molecule has 1 aromatic rings. The Hall–Kier alpha value is -0.810. The number of nitrogen functional groups attached to an aromatic ring is 1. The van der Waals surface area contributed by atoms with Gasteiger partial charge in [0.1, 0.15) is 5.00 Å². The van der Waals surface area contributed by atoms with Gasteiger partial charge in [-0.3, -0.25) is 0 Å². The summed E-state index contributed by atoms with van der Waals surface area (Å²) in [7, 11) is 1.71. The van der Waals surface area contributed by atoms with Crippen molar-refractivity contribution in [1.29, 1.82) is 0 Å². The molecule has 1 atom stereocenters. The topological polar surface area (TPSA) is 51.4 Å². The normalized spacial score (nSPS) is 12.8. The van der Waals surface area contributed by atoms with Crippen LogP contribution in [0.4, 0.5) is 10.1 Å². The van der Waals surface area contributed by atoms with Crippen molar-refractivity contribution in [2.45, 2.75) is 19.9 Å². The summed E-state index contributed by atoms with van der Waals surface area (Å²) in [5, 5.41) is 1.72. The summed E-state index contributed by atoms with van der Waals surface area (Å²) in [4.78, 5) is 6.44. The average Bonchev–Trinajstić information content (AvgIpc) is 2.54. The van der Waals surface area contributed by atoms with Crippen molar-refractivity contribution in [3.63, 3.8) is 0 Å². The Morgan fingerprint density at radius 2 is 2.43 bits per heavy atom. The molecular formula is C9H17N3OS. The van der Waals surface area contributed by atoms with Crippen molar-refractivity contribution in [3.8, 4) is 0 Å². The molecule has 0 spiro atoms. The number of rotatable bonds is 5. The zero-order chi connectivity index (χ0) is 10.6. The lowest BCUT2D eigenvalue weighted by atomic mass is 10.3. The van der Waals surface area contributed by atoms with Crippen LogP contribution in [-0.4, -0.2) is 31.3 Å². The van der Waals surface area contributed by atoms with E-state index >= 15 is 0 Å². The monoisotopic (exact) mass is 215 g/mol. The third-order valence-electron chi connectivity index (χ3n) is 2.04. The molecule has 2 N–H and O–H groups in total. The summed E-state index contributed by atoms with van der Waals surface area (Å²) in [5.74, 6) is 0. The van der Waals surface area contributed by atoms with Crippen LogP contribution in [0.3, 0.4) is 0 Å². The molecule has 0 amide bonds. The van der Waals surface area contributed by atoms with E-state index in [9.17, 15) is 0 Å². The minimum Gasteiger partial charge on any atom is -0.389 e. The Morgan fingerprint density at radius 3 is 2.86 bits per heavy atom. The highest BCUT2D eigenvalue weighted by Crippen LogP contribution is 2.25. The Bertz CT molecular complexity index is 277. The predicted molar refractivity (Wildman–Crippen MR) is 60.9 cm³/mol. The van der Waals surface area contributed by atoms with Crippen LogP contribution < -0.4 is 10.6 Å². The average molecular weight is 215 g/mol. The van der Waals surface area contributed by atoms with Crippen LogP contribution in [0.2, 0.25) is 0 Å². The van der Waals surface area contributed by atoms with Crippen molar-refractivity contribution in [1.82, 2.24) is 4.98 Å². The number of likely N-dealkylation sites (N-methyl/N-ethyl adjacent to an activating group) is 1. The predicted octanol–water partition coefficient (Wildman–Crippen LogP) is 1.59. The number of anilines is 2. The molecule has 80 valence electrons. The molecule has 0 radical (unpaired) electrons. The van der Waals surface area contributed by atoms with E-state index in [4.69, 9.17) is 10.5 Å². The highest BCUT2D eigenvalue weighted by molar-refractivity contribution is 7.19. The lowest BCUT2D eigenvalue weighted by molar-refractivity contribution is 0.182. The molecule has 0 saturated heterocycles. The third kappa shape index (κ3) is 2.59. The molecule has 14 heavy (non-hydrogen) atoms. The standard InChI is InChI=1S/C9H17N3OS/c1-4-12(7(2)6-13-3)9-11-5-8(10)14-9/h5,7H,4,6,10H2,1-3H3. The molecule has 1 unspecified atom stereocenters. The first-order valence-corrected chi connectivity index (χ1v) is 5.47. The van der Waals surface area contributed by atoms with E-state index in [2.05, 4.69) is 23.7 Å². The molecular weight excluding hydrogens is 198 g/mol. The number of nitrogens with two attached hydrogens (primary N) is 1. The van der Waals surface area contributed by atoms with Gasteiger partial charge in [0, 0.05) is 13.7 Å². The maximum absolute atomic E-state index is 5.64. The Morgan fingerprint density at radius 1 is 1.71 bits per heavy atom. The number of hydrogen-bond donors (Lipinski definition) is 1. The molecule has 1 rings (SSSR count). The second-order valence-electron chi connectivity index (χ2n) is 3.14. The largest absolute Gasteiger partial charge is 0.389 e. The summed E-state index contributed by atoms with van der Waals surface area (Å²) < 4.78 is 5.12. The van der Waals surface area contributed by atoms with E-state index in [1.54, 1.807) is 13.3 Å². The van der Waals surface area contributed by atoms with E-state index in [-0.39, 0.29) is 0 Å². The van der Waals surface area contributed by atoms with Crippen molar-refractivity contribution in [2.75, 3.05) is 30.9 Å². The van der Waals surface area contributed by atoms with Gasteiger partial charge in [0.05, 0.1) is 18.8 Å². The van der Waals surface area contributed by atoms with Gasteiger partial charge < -0.3 is 15.4 Å². The maximum Gasteiger partial charge on any atom is 0.187 e. The lowest BCUT2D eigenvalue weighted by Gasteiger charge is -2.26. The van der Waals surface area contributed by atoms with Crippen LogP contribution in [0.15, 0.2) is 6.20 Å². The van der Waals surface area contributed by atoms with Gasteiger partial charge in [0.15, 0.2) is 5.13 Å². The van der Waals surface area contributed by atoms with E-state index in [1.165, 1.54) is 11.3 Å². The molecule has 0 aliphatic carbocycles. The Kier molecular flexibility index (Phi) is 4.16. The number of methoxy groups -OCH3 is 1. The summed E-state index contributed by atoms with van der Waals surface area (Å²) in [6.45, 7) is 5.83. The lowest BCUT2D eigenvalue weighted by Crippen LogP contribution is -2.35. The molecule has 0 fully saturated rings. The first-order valence-electron chi connectivity index (χ1n) is 4.66. The SMILES string of the molecule is CCN(c1ncc(N)s1)C(C)COC. The maximum atomic E-state index is 5.64. The highest BCUT2D eigenvalue weighted by atomic mass is 32.1. The molecule has 1 heterocycles. The van der Waals surface area contributed by atoms with Crippen LogP contribution in [0, 0.1) is 0 Å². The van der Waals surface area contributed by atoms with Gasteiger partial charge in [0.25, 0.3) is 0 Å². The zero-order valence-electron chi connectivity index (χ0n) is 8.86. The molecule has 1 aromatic heterocycles. The third-order valence-corrected chi connectivity index (χ3v) is 2.90. The molecule has 4 nitrogen and oxygen atoms in total. The first kappa shape index (κ1) is 11.3. The summed E-state index contributed by atoms with van der Waals surface area (Å²) in [5.41, 5.74) is 5.64. The van der Waals surface area contributed by atoms with E-state index in [1.807, 2.05) is 0 Å². The number of nitrogens with zero attached hydrogens (tertiary/aromatic N) is 2. The number of hydrogen-bond acceptors (Lipinski definition) is 5. The quantitative estimate of drug-likeness (QED) is 0.810. The summed E-state index contributed by atoms with van der Waals surface area (Å²) in [6.07, 6.45) is 1.70. The van der Waals surface area contributed by atoms with E-state index < -0.39 is 0 Å². The van der Waals surface area contributed by atoms with Crippen LogP contribution in [0.1, 0.15) is 13.8 Å². The number of aromatic nitrogens is 1. The van der Waals surface area contributed by atoms with Crippen molar-refractivity contribution in [2.24, 2.45) is 0 Å². The molecule has 0 aliphatic rings. The van der Waals surface area contributed by atoms with E-state index in [0.29, 0.717) is 12.6 Å². The molecule has 5 heteroatoms. The minimum absolute atomic E-state index is 0.329. The fraction of sp³-hybridized carbons (Fsp3) is 0.667. The molecule has 0 bridgehead atoms. The molecule has 0 aliphatic heterocycles. The highest BCUT2D eigenvalue weighted by Gasteiger charge is 2.15. The second-order valence-corrected chi connectivity index (χ2v) is 4.18. The van der Waals surface area contributed by atoms with Gasteiger partial charge >= 0.3 is 0 Å². The fourth-order valence-electron chi connectivity index (χ4n) is 1.38. The first-order chi connectivity index (χ1) is 6.69. The second kappa shape index (κ2) is 5.17. The summed E-state index contributed by atoms with van der Waals surface area (Å²) in [6, 6.07) is 0.329. The smallest absolute Gasteiger partial charge is 0.187 e.